The van der Waals surface area contributed by atoms with Crippen LogP contribution in [0.25, 0.3) is 0 Å². The standard InChI is InChI=1S/C10H20FN.2C10H21N.C9H18FN.C9H17NO.2C9H19N.C8H17NO.3C8H17N.C8H15N.C7H15N/c1-9(2,3)12-7-5-10(4,11)6-8-12;1-9-6-5-7-11(8-9)10(2,3)4;1-5-9-7-6-8-11(9)10(2,3)4;1-8(2,3)11-6-5-9(4,10)7-11;1-9(2,3)10-6-4-5-8(11)7-10;2*1-8-5-6-10(7-8)9(2,3)4;1-7(2,3)9-5-8(4,10)6-9;2*1-7-5-9(6-7)8(2,3)4;2*1-8(2,3)9-6-4-5-7-9;1-7(2,3)8-5-4-6-8/h5-8H2,1-4H3;2*9H,5-8H2,1-4H3;5-7H2,1-4H3;4-7H2,1-3H3;2*8H,5-7H2,1-4H3;10H,5-6H2,1-4H3;2*7H,5-6H2,1-4H3;4-7H2,1-3H3;4-5H,6-7H2,1-3H3;4-6H2,1-3H3. The Labute approximate surface area is 812 Å². The lowest BCUT2D eigenvalue weighted by Crippen LogP contribution is -2.65. The van der Waals surface area contributed by atoms with Gasteiger partial charge in [-0.2, -0.15) is 0 Å². The maximum Gasteiger partial charge on any atom is 0.146 e. The van der Waals surface area contributed by atoms with E-state index in [9.17, 15) is 18.7 Å². The summed E-state index contributed by atoms with van der Waals surface area (Å²) < 4.78 is 26.8. The number of likely N-dealkylation sites (tertiary alicyclic amines) is 12. The molecule has 0 bridgehead atoms. The van der Waals surface area contributed by atoms with Crippen LogP contribution < -0.4 is 0 Å². The second kappa shape index (κ2) is 53.0. The Morgan fingerprint density at radius 2 is 0.577 bits per heavy atom. The first kappa shape index (κ1) is 127. The summed E-state index contributed by atoms with van der Waals surface area (Å²) in [6, 6.07) is 0.856. The first-order valence-corrected chi connectivity index (χ1v) is 53.3. The number of halogens is 2. The summed E-state index contributed by atoms with van der Waals surface area (Å²) in [6.45, 7) is 135. The maximum absolute atomic E-state index is 13.4. The summed E-state index contributed by atoms with van der Waals surface area (Å²) in [5.41, 5.74) is 2.00. The first-order chi connectivity index (χ1) is 58.3. The monoisotopic (exact) mass is 1840 g/mol. The van der Waals surface area contributed by atoms with Gasteiger partial charge < -0.3 is 5.11 Å². The molecule has 13 aliphatic rings. The third kappa shape index (κ3) is 52.3. The Hall–Kier alpha value is -1.29. The quantitative estimate of drug-likeness (QED) is 0.253. The Morgan fingerprint density at radius 3 is 0.777 bits per heavy atom. The normalized spacial score (nSPS) is 26.3. The van der Waals surface area contributed by atoms with E-state index in [2.05, 4.69) is 387 Å². The van der Waals surface area contributed by atoms with Gasteiger partial charge in [0.05, 0.1) is 12.1 Å². The number of piperidine rings is 3. The molecule has 0 amide bonds. The van der Waals surface area contributed by atoms with Gasteiger partial charge in [0.15, 0.2) is 0 Å². The molecule has 0 spiro atoms. The van der Waals surface area contributed by atoms with Gasteiger partial charge in [0.2, 0.25) is 0 Å². The van der Waals surface area contributed by atoms with Crippen molar-refractivity contribution in [3.63, 3.8) is 0 Å². The van der Waals surface area contributed by atoms with Crippen molar-refractivity contribution in [1.29, 1.82) is 0 Å². The highest BCUT2D eigenvalue weighted by Crippen LogP contribution is 2.35. The second-order valence-corrected chi connectivity index (χ2v) is 56.3. The highest BCUT2D eigenvalue weighted by Gasteiger charge is 2.43. The van der Waals surface area contributed by atoms with E-state index in [1.165, 1.54) is 162 Å². The fourth-order valence-corrected chi connectivity index (χ4v) is 18.7. The van der Waals surface area contributed by atoms with Gasteiger partial charge >= 0.3 is 0 Å². The lowest BCUT2D eigenvalue weighted by molar-refractivity contribution is -0.123. The van der Waals surface area contributed by atoms with E-state index in [0.29, 0.717) is 88.0 Å². The number of β-amino-alcohol motifs (C(OH)–C–C–N with tert-alkyl or cyclic N) is 1. The molecule has 15 nitrogen and oxygen atoms in total. The number of alkyl halides is 2. The van der Waals surface area contributed by atoms with Crippen molar-refractivity contribution in [1.82, 2.24) is 63.7 Å². The minimum absolute atomic E-state index is 0.129. The molecule has 13 aliphatic heterocycles. The summed E-state index contributed by atoms with van der Waals surface area (Å²) in [4.78, 5) is 43.0. The van der Waals surface area contributed by atoms with Gasteiger partial charge in [-0.25, -0.2) is 8.78 Å². The summed E-state index contributed by atoms with van der Waals surface area (Å²) in [5, 5.41) is 9.41. The molecule has 5 unspecified atom stereocenters. The molecule has 1 N–H and O–H groups in total. The van der Waals surface area contributed by atoms with Crippen molar-refractivity contribution in [2.75, 3.05) is 164 Å². The molecule has 776 valence electrons. The Bertz CT molecular complexity index is 2950. The average molecular weight is 1840 g/mol. The fourth-order valence-electron chi connectivity index (χ4n) is 18.7. The number of nitrogens with zero attached hydrogens (tertiary/aromatic N) is 13. The minimum Gasteiger partial charge on any atom is -0.388 e. The van der Waals surface area contributed by atoms with Crippen molar-refractivity contribution < 1.29 is 18.7 Å². The third-order valence-corrected chi connectivity index (χ3v) is 29.1. The van der Waals surface area contributed by atoms with Crippen LogP contribution in [0.15, 0.2) is 12.2 Å². The van der Waals surface area contributed by atoms with Crippen LogP contribution in [0.1, 0.15) is 429 Å². The predicted molar refractivity (Wildman–Crippen MR) is 571 cm³/mol. The fraction of sp³-hybridized carbons (Fsp3) is 0.973. The van der Waals surface area contributed by atoms with Crippen molar-refractivity contribution in [2.45, 2.75) is 524 Å². The van der Waals surface area contributed by atoms with E-state index in [0.717, 1.165) is 101 Å². The molecule has 12 fully saturated rings. The third-order valence-electron chi connectivity index (χ3n) is 29.1. The molecular weight excluding hydrogens is 1610 g/mol. The van der Waals surface area contributed by atoms with Gasteiger partial charge in [0.25, 0.3) is 0 Å². The van der Waals surface area contributed by atoms with Crippen LogP contribution in [0.4, 0.5) is 8.78 Å². The lowest BCUT2D eigenvalue weighted by Gasteiger charge is -2.51. The summed E-state index contributed by atoms with van der Waals surface area (Å²) in [7, 11) is 0. The molecule has 13 rings (SSSR count). The van der Waals surface area contributed by atoms with Gasteiger partial charge in [-0.3, -0.25) is 68.5 Å². The number of Topliss-reactive ketones (excluding diaryl/α,β-unsaturated/α-hetero) is 1. The summed E-state index contributed by atoms with van der Waals surface area (Å²) in [6.07, 6.45) is 22.2. The van der Waals surface area contributed by atoms with Crippen LogP contribution >= 0.6 is 0 Å². The molecule has 0 aromatic heterocycles. The maximum atomic E-state index is 13.4. The zero-order chi connectivity index (χ0) is 101. The van der Waals surface area contributed by atoms with Crippen LogP contribution in [0.3, 0.4) is 0 Å². The van der Waals surface area contributed by atoms with Crippen molar-refractivity contribution in [2.24, 2.45) is 29.6 Å². The Morgan fingerprint density at radius 1 is 0.292 bits per heavy atom. The van der Waals surface area contributed by atoms with E-state index >= 15 is 0 Å². The number of aliphatic hydroxyl groups is 1. The highest BCUT2D eigenvalue weighted by atomic mass is 19.1. The number of hydrogen-bond acceptors (Lipinski definition) is 15. The molecule has 0 aromatic carbocycles. The van der Waals surface area contributed by atoms with E-state index in [-0.39, 0.29) is 22.2 Å². The number of carbonyl (C=O) groups excluding carboxylic acids is 1. The lowest BCUT2D eigenvalue weighted by atomic mass is 9.90. The number of hydrogen-bond donors (Lipinski definition) is 1. The predicted octanol–water partition coefficient (Wildman–Crippen LogP) is 25.1. The minimum atomic E-state index is -0.951. The smallest absolute Gasteiger partial charge is 0.146 e. The van der Waals surface area contributed by atoms with Crippen LogP contribution in [-0.4, -0.2) is 333 Å². The van der Waals surface area contributed by atoms with Crippen LogP contribution in [0.5, 0.6) is 0 Å². The molecule has 130 heavy (non-hydrogen) atoms. The van der Waals surface area contributed by atoms with E-state index < -0.39 is 16.9 Å². The van der Waals surface area contributed by atoms with Crippen molar-refractivity contribution in [3.05, 3.63) is 12.2 Å². The molecule has 0 aromatic rings. The zero-order valence-corrected chi connectivity index (χ0v) is 96.8. The Kier molecular flexibility index (Phi) is 51.7. The van der Waals surface area contributed by atoms with Gasteiger partial charge in [0, 0.05) is 183 Å². The molecule has 13 heterocycles. The topological polar surface area (TPSA) is 79.4 Å². The van der Waals surface area contributed by atoms with Crippen molar-refractivity contribution >= 4 is 5.78 Å². The van der Waals surface area contributed by atoms with Gasteiger partial charge in [-0.1, -0.05) is 53.7 Å². The SMILES string of the molecule is CC(C)(C)N1CC=CC1.CC(C)(C)N1CCC1.CC(C)(C)N1CCCC(=O)C1.CC(C)(C)N1CCCC1.CC1(F)CCN(C(C)(C)C)C1.CC1(F)CCN(C(C)(C)C)CC1.CC1(O)CN(C(C)(C)C)C1.CC1CCCN(C(C)(C)C)C1.CC1CCN(C(C)(C)C)C1.CC1CCN(C(C)(C)C)C1.CC1CN(C(C)(C)C)C1.CC1CN(C(C)(C)C)C1.CCC1CCCN1C(C)(C)C. The number of ketones is 1. The van der Waals surface area contributed by atoms with Crippen LogP contribution in [0, 0.1) is 29.6 Å². The molecular formula is C113H233F2N13O2. The molecule has 0 radical (unpaired) electrons. The largest absolute Gasteiger partial charge is 0.388 e. The Balaban J connectivity index is 0.000000705. The van der Waals surface area contributed by atoms with Crippen LogP contribution in [-0.2, 0) is 4.79 Å². The zero-order valence-electron chi connectivity index (χ0n) is 96.8. The number of carbonyl (C=O) groups is 1. The molecule has 0 saturated carbocycles. The van der Waals surface area contributed by atoms with Gasteiger partial charge in [0.1, 0.15) is 17.1 Å². The van der Waals surface area contributed by atoms with Crippen molar-refractivity contribution in [3.8, 4) is 0 Å². The number of rotatable bonds is 1. The van der Waals surface area contributed by atoms with Gasteiger partial charge in [-0.15, -0.1) is 0 Å². The highest BCUT2D eigenvalue weighted by molar-refractivity contribution is 5.81. The summed E-state index contributed by atoms with van der Waals surface area (Å²) in [5.74, 6) is 5.00. The summed E-state index contributed by atoms with van der Waals surface area (Å²) >= 11 is 0. The molecule has 5 atom stereocenters. The van der Waals surface area contributed by atoms with E-state index in [1.54, 1.807) is 13.8 Å². The molecule has 17 heteroatoms. The second-order valence-electron chi connectivity index (χ2n) is 56.3. The van der Waals surface area contributed by atoms with Crippen LogP contribution in [0.2, 0.25) is 0 Å². The average Bonchev–Trinajstić information content (AvgIpc) is 0.988. The first-order valence-electron chi connectivity index (χ1n) is 53.3. The van der Waals surface area contributed by atoms with E-state index in [4.69, 9.17) is 0 Å². The van der Waals surface area contributed by atoms with Gasteiger partial charge in [-0.05, 0) is 469 Å². The van der Waals surface area contributed by atoms with E-state index in [1.807, 2.05) is 6.92 Å². The molecule has 0 aliphatic carbocycles. The molecule has 12 saturated heterocycles.